The Morgan fingerprint density at radius 3 is 2.43 bits per heavy atom. The lowest BCUT2D eigenvalue weighted by atomic mass is 10.2. The molecule has 1 aliphatic carbocycles. The van der Waals surface area contributed by atoms with Gasteiger partial charge in [0.25, 0.3) is 0 Å². The van der Waals surface area contributed by atoms with E-state index in [4.69, 9.17) is 4.74 Å². The van der Waals surface area contributed by atoms with Gasteiger partial charge in [0.2, 0.25) is 0 Å². The first-order valence-corrected chi connectivity index (χ1v) is 10.4. The third-order valence-electron chi connectivity index (χ3n) is 5.30. The average molecular weight is 501 g/mol. The maximum absolute atomic E-state index is 5.24. The molecule has 2 aliphatic rings. The van der Waals surface area contributed by atoms with E-state index in [-0.39, 0.29) is 24.0 Å². The molecule has 1 heterocycles. The summed E-state index contributed by atoms with van der Waals surface area (Å²) in [5.74, 6) is 2.73. The Hall–Kier alpha value is -1.22. The van der Waals surface area contributed by atoms with E-state index in [0.29, 0.717) is 0 Å². The van der Waals surface area contributed by atoms with Crippen molar-refractivity contribution in [2.45, 2.75) is 26.2 Å². The highest BCUT2D eigenvalue weighted by Crippen LogP contribution is 2.28. The molecule has 158 valence electrons. The lowest BCUT2D eigenvalue weighted by molar-refractivity contribution is 0.255. The number of methoxy groups -OCH3 is 1. The fourth-order valence-corrected chi connectivity index (χ4v) is 3.39. The van der Waals surface area contributed by atoms with Crippen molar-refractivity contribution < 1.29 is 4.74 Å². The molecule has 1 aromatic carbocycles. The predicted molar refractivity (Wildman–Crippen MR) is 128 cm³/mol. The summed E-state index contributed by atoms with van der Waals surface area (Å²) in [5.41, 5.74) is 1.29. The van der Waals surface area contributed by atoms with Crippen LogP contribution in [0.4, 0.5) is 5.69 Å². The van der Waals surface area contributed by atoms with Gasteiger partial charge in [-0.2, -0.15) is 0 Å². The summed E-state index contributed by atoms with van der Waals surface area (Å²) < 4.78 is 5.24. The molecule has 1 saturated carbocycles. The summed E-state index contributed by atoms with van der Waals surface area (Å²) in [6.07, 6.45) is 3.85. The van der Waals surface area contributed by atoms with Gasteiger partial charge < -0.3 is 20.3 Å². The molecular formula is C21H36IN5O. The summed E-state index contributed by atoms with van der Waals surface area (Å²) in [5, 5.41) is 6.82. The van der Waals surface area contributed by atoms with Gasteiger partial charge in [-0.3, -0.25) is 9.89 Å². The number of piperazine rings is 1. The number of ether oxygens (including phenoxy) is 1. The van der Waals surface area contributed by atoms with Crippen molar-refractivity contribution in [2.24, 2.45) is 10.9 Å². The standard InChI is InChI=1S/C21H35N5O.HI/c1-3-22-21(24-17-18-5-6-18)23-11-4-12-25-13-15-26(16-14-25)19-7-9-20(27-2)10-8-19;/h7-10,18H,3-6,11-17H2,1-2H3,(H2,22,23,24);1H. The van der Waals surface area contributed by atoms with Gasteiger partial charge in [-0.05, 0) is 62.9 Å². The van der Waals surface area contributed by atoms with E-state index >= 15 is 0 Å². The third kappa shape index (κ3) is 7.66. The molecule has 0 radical (unpaired) electrons. The van der Waals surface area contributed by atoms with Gasteiger partial charge in [-0.25, -0.2) is 0 Å². The van der Waals surface area contributed by atoms with Gasteiger partial charge in [-0.1, -0.05) is 0 Å². The Morgan fingerprint density at radius 1 is 1.11 bits per heavy atom. The number of aliphatic imine (C=N–C) groups is 1. The van der Waals surface area contributed by atoms with Crippen LogP contribution in [-0.2, 0) is 0 Å². The molecule has 2 N–H and O–H groups in total. The number of benzene rings is 1. The summed E-state index contributed by atoms with van der Waals surface area (Å²) in [4.78, 5) is 9.71. The second-order valence-electron chi connectivity index (χ2n) is 7.47. The average Bonchev–Trinajstić information content (AvgIpc) is 3.54. The van der Waals surface area contributed by atoms with Crippen LogP contribution in [0.1, 0.15) is 26.2 Å². The van der Waals surface area contributed by atoms with Crippen molar-refractivity contribution in [3.8, 4) is 5.75 Å². The molecule has 0 aromatic heterocycles. The molecular weight excluding hydrogens is 465 g/mol. The molecule has 0 spiro atoms. The molecule has 0 unspecified atom stereocenters. The number of hydrogen-bond acceptors (Lipinski definition) is 4. The molecule has 2 fully saturated rings. The lowest BCUT2D eigenvalue weighted by Crippen LogP contribution is -2.47. The van der Waals surface area contributed by atoms with E-state index in [1.807, 2.05) is 12.1 Å². The van der Waals surface area contributed by atoms with Crippen molar-refractivity contribution in [3.05, 3.63) is 24.3 Å². The number of hydrogen-bond donors (Lipinski definition) is 2. The van der Waals surface area contributed by atoms with Gasteiger partial charge >= 0.3 is 0 Å². The van der Waals surface area contributed by atoms with Crippen LogP contribution in [0.3, 0.4) is 0 Å². The second kappa shape index (κ2) is 12.4. The fourth-order valence-electron chi connectivity index (χ4n) is 3.39. The molecule has 1 aliphatic heterocycles. The van der Waals surface area contributed by atoms with Crippen molar-refractivity contribution in [1.29, 1.82) is 0 Å². The number of anilines is 1. The lowest BCUT2D eigenvalue weighted by Gasteiger charge is -2.36. The van der Waals surface area contributed by atoms with E-state index in [2.05, 4.69) is 44.5 Å². The number of rotatable bonds is 9. The zero-order valence-corrected chi connectivity index (χ0v) is 19.7. The summed E-state index contributed by atoms with van der Waals surface area (Å²) in [6, 6.07) is 8.39. The molecule has 1 saturated heterocycles. The zero-order chi connectivity index (χ0) is 18.9. The zero-order valence-electron chi connectivity index (χ0n) is 17.3. The first-order chi connectivity index (χ1) is 13.3. The fraction of sp³-hybridized carbons (Fsp3) is 0.667. The predicted octanol–water partition coefficient (Wildman–Crippen LogP) is 2.79. The number of nitrogens with zero attached hydrogens (tertiary/aromatic N) is 3. The van der Waals surface area contributed by atoms with Crippen molar-refractivity contribution >= 4 is 35.6 Å². The van der Waals surface area contributed by atoms with Gasteiger partial charge in [0, 0.05) is 51.5 Å². The van der Waals surface area contributed by atoms with Crippen molar-refractivity contribution in [1.82, 2.24) is 15.5 Å². The molecule has 7 heteroatoms. The maximum Gasteiger partial charge on any atom is 0.191 e. The first kappa shape index (κ1) is 23.1. The molecule has 0 atom stereocenters. The molecule has 1 aromatic rings. The summed E-state index contributed by atoms with van der Waals surface area (Å²) >= 11 is 0. The first-order valence-electron chi connectivity index (χ1n) is 10.4. The van der Waals surface area contributed by atoms with Crippen LogP contribution < -0.4 is 20.3 Å². The summed E-state index contributed by atoms with van der Waals surface area (Å²) in [7, 11) is 1.71. The third-order valence-corrected chi connectivity index (χ3v) is 5.30. The highest BCUT2D eigenvalue weighted by atomic mass is 127. The molecule has 3 rings (SSSR count). The molecule has 0 amide bonds. The number of guanidine groups is 1. The van der Waals surface area contributed by atoms with Crippen LogP contribution in [-0.4, -0.2) is 70.3 Å². The van der Waals surface area contributed by atoms with E-state index in [9.17, 15) is 0 Å². The van der Waals surface area contributed by atoms with Crippen LogP contribution in [0, 0.1) is 5.92 Å². The van der Waals surface area contributed by atoms with E-state index in [1.165, 1.54) is 18.5 Å². The molecule has 28 heavy (non-hydrogen) atoms. The maximum atomic E-state index is 5.24. The van der Waals surface area contributed by atoms with E-state index in [1.54, 1.807) is 7.11 Å². The monoisotopic (exact) mass is 501 g/mol. The van der Waals surface area contributed by atoms with Gasteiger partial charge in [0.05, 0.1) is 7.11 Å². The number of halogens is 1. The topological polar surface area (TPSA) is 52.1 Å². The minimum absolute atomic E-state index is 0. The SMILES string of the molecule is CCNC(=NCC1CC1)NCCCN1CCN(c2ccc(OC)cc2)CC1.I. The summed E-state index contributed by atoms with van der Waals surface area (Å²) in [6.45, 7) is 10.6. The van der Waals surface area contributed by atoms with Gasteiger partial charge in [-0.15, -0.1) is 24.0 Å². The smallest absolute Gasteiger partial charge is 0.191 e. The van der Waals surface area contributed by atoms with Crippen LogP contribution in [0.5, 0.6) is 5.75 Å². The van der Waals surface area contributed by atoms with E-state index in [0.717, 1.165) is 76.4 Å². The van der Waals surface area contributed by atoms with Gasteiger partial charge in [0.15, 0.2) is 5.96 Å². The Labute approximate surface area is 187 Å². The molecule has 0 bridgehead atoms. The van der Waals surface area contributed by atoms with E-state index < -0.39 is 0 Å². The molecule has 6 nitrogen and oxygen atoms in total. The number of nitrogens with one attached hydrogen (secondary N) is 2. The van der Waals surface area contributed by atoms with Crippen molar-refractivity contribution in [3.63, 3.8) is 0 Å². The Morgan fingerprint density at radius 2 is 1.82 bits per heavy atom. The Kier molecular flexibility index (Phi) is 10.2. The highest BCUT2D eigenvalue weighted by Gasteiger charge is 2.20. The largest absolute Gasteiger partial charge is 0.497 e. The van der Waals surface area contributed by atoms with Crippen LogP contribution in [0.15, 0.2) is 29.3 Å². The quantitative estimate of drug-likeness (QED) is 0.236. The van der Waals surface area contributed by atoms with Crippen LogP contribution >= 0.6 is 24.0 Å². The van der Waals surface area contributed by atoms with Crippen LogP contribution in [0.25, 0.3) is 0 Å². The normalized spacial score (nSPS) is 17.8. The minimum Gasteiger partial charge on any atom is -0.497 e. The second-order valence-corrected chi connectivity index (χ2v) is 7.47. The van der Waals surface area contributed by atoms with Crippen LogP contribution in [0.2, 0.25) is 0 Å². The highest BCUT2D eigenvalue weighted by molar-refractivity contribution is 14.0. The van der Waals surface area contributed by atoms with Crippen molar-refractivity contribution in [2.75, 3.05) is 64.4 Å². The Bertz CT molecular complexity index is 583. The Balaban J connectivity index is 0.00000280. The van der Waals surface area contributed by atoms with Gasteiger partial charge in [0.1, 0.15) is 5.75 Å². The minimum atomic E-state index is 0.